The van der Waals surface area contributed by atoms with E-state index < -0.39 is 0 Å². The molecule has 2 rings (SSSR count). The summed E-state index contributed by atoms with van der Waals surface area (Å²) in [5.41, 5.74) is 0. The Kier molecular flexibility index (Phi) is 9.42. The van der Waals surface area contributed by atoms with Gasteiger partial charge in [0.25, 0.3) is 0 Å². The Morgan fingerprint density at radius 2 is 1.82 bits per heavy atom. The van der Waals surface area contributed by atoms with Crippen LogP contribution in [0.5, 0.6) is 0 Å². The summed E-state index contributed by atoms with van der Waals surface area (Å²) < 4.78 is 0. The number of carbonyl (C=O) groups is 1. The molecular formula is C18H35ClN2O. The van der Waals surface area contributed by atoms with Crippen molar-refractivity contribution >= 4 is 18.3 Å². The minimum absolute atomic E-state index is 0. The van der Waals surface area contributed by atoms with E-state index in [9.17, 15) is 4.79 Å². The first-order valence-electron chi connectivity index (χ1n) is 9.20. The smallest absolute Gasteiger partial charge is 0.223 e. The lowest BCUT2D eigenvalue weighted by Crippen LogP contribution is -2.43. The summed E-state index contributed by atoms with van der Waals surface area (Å²) >= 11 is 0. The van der Waals surface area contributed by atoms with Crippen LogP contribution in [0.3, 0.4) is 0 Å². The third-order valence-corrected chi connectivity index (χ3v) is 5.49. The van der Waals surface area contributed by atoms with Crippen molar-refractivity contribution < 1.29 is 4.79 Å². The molecule has 130 valence electrons. The van der Waals surface area contributed by atoms with E-state index in [1.807, 2.05) is 0 Å². The van der Waals surface area contributed by atoms with E-state index in [4.69, 9.17) is 0 Å². The number of piperidine rings is 1. The van der Waals surface area contributed by atoms with Crippen molar-refractivity contribution in [2.45, 2.75) is 77.7 Å². The van der Waals surface area contributed by atoms with Crippen LogP contribution in [0.4, 0.5) is 0 Å². The molecule has 0 aromatic carbocycles. The van der Waals surface area contributed by atoms with Gasteiger partial charge in [-0.1, -0.05) is 39.0 Å². The molecule has 1 saturated carbocycles. The number of carbonyl (C=O) groups excluding carboxylic acids is 1. The van der Waals surface area contributed by atoms with E-state index in [0.717, 1.165) is 37.8 Å². The zero-order valence-corrected chi connectivity index (χ0v) is 15.2. The molecule has 0 spiro atoms. The molecule has 0 unspecified atom stereocenters. The van der Waals surface area contributed by atoms with E-state index >= 15 is 0 Å². The van der Waals surface area contributed by atoms with Crippen LogP contribution in [0.1, 0.15) is 71.6 Å². The Bertz CT molecular complexity index is 316. The molecule has 2 fully saturated rings. The molecule has 1 heterocycles. The molecule has 0 aromatic rings. The third-order valence-electron chi connectivity index (χ3n) is 5.49. The van der Waals surface area contributed by atoms with Gasteiger partial charge in [0, 0.05) is 18.5 Å². The van der Waals surface area contributed by atoms with Crippen molar-refractivity contribution in [3.8, 4) is 0 Å². The maximum Gasteiger partial charge on any atom is 0.223 e. The summed E-state index contributed by atoms with van der Waals surface area (Å²) in [6.07, 6.45) is 11.5. The Hall–Kier alpha value is -0.280. The molecule has 0 radical (unpaired) electrons. The van der Waals surface area contributed by atoms with Crippen LogP contribution in [0.25, 0.3) is 0 Å². The Balaban J connectivity index is 0.00000242. The molecule has 1 amide bonds. The molecule has 2 N–H and O–H groups in total. The summed E-state index contributed by atoms with van der Waals surface area (Å²) in [4.78, 5) is 12.3. The van der Waals surface area contributed by atoms with Crippen molar-refractivity contribution in [2.75, 3.05) is 13.1 Å². The maximum absolute atomic E-state index is 12.3. The molecule has 4 heteroatoms. The van der Waals surface area contributed by atoms with Gasteiger partial charge in [-0.05, 0) is 51.0 Å². The van der Waals surface area contributed by atoms with Crippen LogP contribution in [-0.2, 0) is 4.79 Å². The first-order valence-corrected chi connectivity index (χ1v) is 9.20. The predicted octanol–water partition coefficient (Wildman–Crippen LogP) is 3.91. The molecule has 22 heavy (non-hydrogen) atoms. The standard InChI is InChI=1S/C18H34N2O.ClH/c1-3-4-5-15-6-8-16(9-7-15)13-20-18(21)17-10-11-19-14(2)12-17;/h14-17,19H,3-13H2,1-2H3,(H,20,21);1H/t14-,15?,16?,17-;/m0./s1. The number of hydrogen-bond donors (Lipinski definition) is 2. The van der Waals surface area contributed by atoms with Crippen LogP contribution in [0.15, 0.2) is 0 Å². The average molecular weight is 331 g/mol. The highest BCUT2D eigenvalue weighted by Crippen LogP contribution is 2.31. The van der Waals surface area contributed by atoms with Gasteiger partial charge in [-0.15, -0.1) is 12.4 Å². The van der Waals surface area contributed by atoms with Gasteiger partial charge >= 0.3 is 0 Å². The molecule has 0 aromatic heterocycles. The van der Waals surface area contributed by atoms with Gasteiger partial charge in [-0.25, -0.2) is 0 Å². The lowest BCUT2D eigenvalue weighted by Gasteiger charge is -2.30. The van der Waals surface area contributed by atoms with Gasteiger partial charge in [-0.2, -0.15) is 0 Å². The second-order valence-corrected chi connectivity index (χ2v) is 7.35. The highest BCUT2D eigenvalue weighted by molar-refractivity contribution is 5.85. The van der Waals surface area contributed by atoms with Gasteiger partial charge in [0.05, 0.1) is 0 Å². The van der Waals surface area contributed by atoms with E-state index in [1.165, 1.54) is 44.9 Å². The van der Waals surface area contributed by atoms with E-state index in [2.05, 4.69) is 24.5 Å². The topological polar surface area (TPSA) is 41.1 Å². The molecule has 2 atom stereocenters. The zero-order valence-electron chi connectivity index (χ0n) is 14.4. The van der Waals surface area contributed by atoms with Crippen molar-refractivity contribution in [1.29, 1.82) is 0 Å². The SMILES string of the molecule is CCCCC1CCC(CNC(=O)[C@H]2CCN[C@@H](C)C2)CC1.Cl. The lowest BCUT2D eigenvalue weighted by atomic mass is 9.79. The van der Waals surface area contributed by atoms with Crippen molar-refractivity contribution in [2.24, 2.45) is 17.8 Å². The van der Waals surface area contributed by atoms with E-state index in [0.29, 0.717) is 11.9 Å². The van der Waals surface area contributed by atoms with Gasteiger partial charge in [-0.3, -0.25) is 4.79 Å². The van der Waals surface area contributed by atoms with Gasteiger partial charge < -0.3 is 10.6 Å². The largest absolute Gasteiger partial charge is 0.356 e. The number of hydrogen-bond acceptors (Lipinski definition) is 2. The van der Waals surface area contributed by atoms with Crippen LogP contribution < -0.4 is 10.6 Å². The first-order chi connectivity index (χ1) is 10.2. The molecule has 0 bridgehead atoms. The highest BCUT2D eigenvalue weighted by atomic mass is 35.5. The summed E-state index contributed by atoms with van der Waals surface area (Å²) in [5, 5.41) is 6.65. The van der Waals surface area contributed by atoms with Gasteiger partial charge in [0.15, 0.2) is 0 Å². The normalized spacial score (nSPS) is 32.1. The highest BCUT2D eigenvalue weighted by Gasteiger charge is 2.26. The van der Waals surface area contributed by atoms with Crippen molar-refractivity contribution in [3.05, 3.63) is 0 Å². The molecule has 1 aliphatic carbocycles. The van der Waals surface area contributed by atoms with Crippen molar-refractivity contribution in [1.82, 2.24) is 10.6 Å². The molecule has 1 aliphatic heterocycles. The fourth-order valence-corrected chi connectivity index (χ4v) is 3.98. The molecule has 3 nitrogen and oxygen atoms in total. The summed E-state index contributed by atoms with van der Waals surface area (Å²) in [6.45, 7) is 6.36. The third kappa shape index (κ3) is 6.45. The fraction of sp³-hybridized carbons (Fsp3) is 0.944. The minimum Gasteiger partial charge on any atom is -0.356 e. The Labute approximate surface area is 142 Å². The maximum atomic E-state index is 12.3. The Morgan fingerprint density at radius 3 is 2.45 bits per heavy atom. The summed E-state index contributed by atoms with van der Waals surface area (Å²) in [7, 11) is 0. The quantitative estimate of drug-likeness (QED) is 0.775. The Morgan fingerprint density at radius 1 is 1.14 bits per heavy atom. The number of halogens is 1. The summed E-state index contributed by atoms with van der Waals surface area (Å²) in [5.74, 6) is 2.23. The van der Waals surface area contributed by atoms with Gasteiger partial charge in [0.1, 0.15) is 0 Å². The number of rotatable bonds is 6. The number of unbranched alkanes of at least 4 members (excludes halogenated alkanes) is 1. The summed E-state index contributed by atoms with van der Waals surface area (Å²) in [6, 6.07) is 0.489. The van der Waals surface area contributed by atoms with Crippen molar-refractivity contribution in [3.63, 3.8) is 0 Å². The molecule has 2 aliphatic rings. The van der Waals surface area contributed by atoms with E-state index in [-0.39, 0.29) is 18.3 Å². The second kappa shape index (κ2) is 10.5. The monoisotopic (exact) mass is 330 g/mol. The van der Waals surface area contributed by atoms with Crippen LogP contribution in [-0.4, -0.2) is 25.0 Å². The predicted molar refractivity (Wildman–Crippen MR) is 95.4 cm³/mol. The number of amides is 1. The van der Waals surface area contributed by atoms with Crippen LogP contribution in [0, 0.1) is 17.8 Å². The number of nitrogens with one attached hydrogen (secondary N) is 2. The van der Waals surface area contributed by atoms with Gasteiger partial charge in [0.2, 0.25) is 5.91 Å². The first kappa shape index (κ1) is 19.8. The van der Waals surface area contributed by atoms with Crippen LogP contribution in [0.2, 0.25) is 0 Å². The van der Waals surface area contributed by atoms with E-state index in [1.54, 1.807) is 0 Å². The lowest BCUT2D eigenvalue weighted by molar-refractivity contribution is -0.126. The molecular weight excluding hydrogens is 296 g/mol. The second-order valence-electron chi connectivity index (χ2n) is 7.35. The molecule has 1 saturated heterocycles. The zero-order chi connectivity index (χ0) is 15.1. The average Bonchev–Trinajstić information content (AvgIpc) is 2.51. The minimum atomic E-state index is 0. The van der Waals surface area contributed by atoms with Crippen LogP contribution >= 0.6 is 12.4 Å². The fourth-order valence-electron chi connectivity index (χ4n) is 3.98.